The van der Waals surface area contributed by atoms with E-state index in [1.165, 1.54) is 41.7 Å². The van der Waals surface area contributed by atoms with Crippen LogP contribution < -0.4 is 10.1 Å². The van der Waals surface area contributed by atoms with Crippen LogP contribution in [0.15, 0.2) is 40.3 Å². The molecule has 0 atom stereocenters. The van der Waals surface area contributed by atoms with E-state index < -0.39 is 10.8 Å². The number of carbonyl (C=O) groups is 1. The quantitative estimate of drug-likeness (QED) is 0.126. The summed E-state index contributed by atoms with van der Waals surface area (Å²) < 4.78 is 11.0. The maximum atomic E-state index is 12.5. The molecule has 0 bridgehead atoms. The fourth-order valence-corrected chi connectivity index (χ4v) is 3.87. The normalized spacial score (nSPS) is 11.1. The monoisotopic (exact) mass is 481 g/mol. The number of anilines is 1. The van der Waals surface area contributed by atoms with Gasteiger partial charge in [-0.05, 0) is 37.6 Å². The van der Waals surface area contributed by atoms with Crippen LogP contribution in [0.5, 0.6) is 5.75 Å². The van der Waals surface area contributed by atoms with E-state index in [2.05, 4.69) is 22.4 Å². The first-order valence-electron chi connectivity index (χ1n) is 10.7. The van der Waals surface area contributed by atoms with Gasteiger partial charge in [-0.15, -0.1) is 10.2 Å². The first-order chi connectivity index (χ1) is 16.4. The lowest BCUT2D eigenvalue weighted by atomic mass is 10.1. The van der Waals surface area contributed by atoms with Crippen molar-refractivity contribution in [2.24, 2.45) is 0 Å². The van der Waals surface area contributed by atoms with Crippen LogP contribution in [0.3, 0.4) is 0 Å². The third-order valence-electron chi connectivity index (χ3n) is 4.70. The van der Waals surface area contributed by atoms with E-state index in [0.29, 0.717) is 17.5 Å². The number of aryl methyl sites for hydroxylation is 1. The number of hydrogen-bond acceptors (Lipinski definition) is 9. The number of carbonyl (C=O) groups excluding carboxylic acids is 1. The van der Waals surface area contributed by atoms with E-state index in [1.807, 2.05) is 6.07 Å². The Kier molecular flexibility index (Phi) is 8.48. The molecule has 0 aliphatic heterocycles. The Labute approximate surface area is 200 Å². The molecule has 176 valence electrons. The van der Waals surface area contributed by atoms with Crippen molar-refractivity contribution < 1.29 is 18.9 Å². The van der Waals surface area contributed by atoms with Crippen molar-refractivity contribution >= 4 is 34.1 Å². The number of amides is 1. The van der Waals surface area contributed by atoms with Crippen molar-refractivity contribution in [1.29, 1.82) is 5.26 Å². The molecule has 0 spiro atoms. The van der Waals surface area contributed by atoms with Gasteiger partial charge in [0.1, 0.15) is 33.9 Å². The van der Waals surface area contributed by atoms with E-state index in [0.717, 1.165) is 30.7 Å². The van der Waals surface area contributed by atoms with Gasteiger partial charge in [-0.25, -0.2) is 0 Å². The molecule has 0 saturated carbocycles. The van der Waals surface area contributed by atoms with Crippen LogP contribution in [0.25, 0.3) is 17.4 Å². The van der Waals surface area contributed by atoms with Crippen LogP contribution in [-0.4, -0.2) is 27.6 Å². The van der Waals surface area contributed by atoms with Gasteiger partial charge in [-0.3, -0.25) is 20.2 Å². The van der Waals surface area contributed by atoms with Gasteiger partial charge in [0.15, 0.2) is 0 Å². The van der Waals surface area contributed by atoms with Crippen LogP contribution >= 0.6 is 11.3 Å². The van der Waals surface area contributed by atoms with E-state index in [-0.39, 0.29) is 28.3 Å². The average molecular weight is 482 g/mol. The van der Waals surface area contributed by atoms with Crippen molar-refractivity contribution in [3.8, 4) is 23.1 Å². The summed E-state index contributed by atoms with van der Waals surface area (Å²) in [5.41, 5.74) is -0.134. The minimum atomic E-state index is -0.649. The Bertz CT molecular complexity index is 1240. The summed E-state index contributed by atoms with van der Waals surface area (Å²) in [5.74, 6) is 0.143. The summed E-state index contributed by atoms with van der Waals surface area (Å²) in [4.78, 5) is 23.5. The molecule has 1 N–H and O–H groups in total. The molecule has 34 heavy (non-hydrogen) atoms. The van der Waals surface area contributed by atoms with E-state index in [1.54, 1.807) is 13.0 Å². The van der Waals surface area contributed by atoms with Gasteiger partial charge in [0.05, 0.1) is 23.2 Å². The molecule has 2 aromatic heterocycles. The lowest BCUT2D eigenvalue weighted by molar-refractivity contribution is -0.384. The fraction of sp³-hybridized carbons (Fsp3) is 0.304. The van der Waals surface area contributed by atoms with Gasteiger partial charge < -0.3 is 9.15 Å². The summed E-state index contributed by atoms with van der Waals surface area (Å²) in [6.07, 6.45) is 5.24. The van der Waals surface area contributed by atoms with Crippen LogP contribution in [0.2, 0.25) is 0 Å². The van der Waals surface area contributed by atoms with E-state index >= 15 is 0 Å². The topological polar surface area (TPSA) is 144 Å². The zero-order valence-electron chi connectivity index (χ0n) is 18.7. The number of rotatable bonds is 11. The Morgan fingerprint density at radius 2 is 2.12 bits per heavy atom. The van der Waals surface area contributed by atoms with Crippen LogP contribution in [0.1, 0.15) is 43.9 Å². The highest BCUT2D eigenvalue weighted by atomic mass is 32.1. The van der Waals surface area contributed by atoms with Gasteiger partial charge in [0.25, 0.3) is 11.6 Å². The maximum absolute atomic E-state index is 12.5. The largest absolute Gasteiger partial charge is 0.494 e. The maximum Gasteiger partial charge on any atom is 0.284 e. The molecule has 0 aliphatic carbocycles. The molecule has 1 amide bonds. The number of unbranched alkanes of at least 4 members (excludes halogenated alkanes) is 2. The molecule has 0 aliphatic rings. The highest BCUT2D eigenvalue weighted by molar-refractivity contribution is 7.15. The number of nitrogens with zero attached hydrogens (tertiary/aromatic N) is 4. The summed E-state index contributed by atoms with van der Waals surface area (Å²) in [5, 5.41) is 32.7. The Morgan fingerprint density at radius 1 is 1.29 bits per heavy atom. The number of nitrogens with one attached hydrogen (secondary N) is 1. The minimum absolute atomic E-state index is 0.180. The Morgan fingerprint density at radius 3 is 2.82 bits per heavy atom. The van der Waals surface area contributed by atoms with E-state index in [4.69, 9.17) is 9.15 Å². The Hall–Kier alpha value is -4.04. The third-order valence-corrected chi connectivity index (χ3v) is 5.60. The van der Waals surface area contributed by atoms with Crippen molar-refractivity contribution in [3.63, 3.8) is 0 Å². The molecule has 11 heteroatoms. The molecule has 0 saturated heterocycles. The molecule has 1 aromatic carbocycles. The number of hydrogen-bond donors (Lipinski definition) is 1. The smallest absolute Gasteiger partial charge is 0.284 e. The first kappa shape index (κ1) is 24.6. The van der Waals surface area contributed by atoms with E-state index in [9.17, 15) is 20.2 Å². The lowest BCUT2D eigenvalue weighted by Gasteiger charge is -2.05. The first-order valence-corrected chi connectivity index (χ1v) is 11.5. The second-order valence-electron chi connectivity index (χ2n) is 7.15. The molecule has 3 rings (SSSR count). The van der Waals surface area contributed by atoms with Gasteiger partial charge in [0, 0.05) is 12.5 Å². The molecule has 0 fully saturated rings. The number of furan rings is 1. The molecule has 0 unspecified atom stereocenters. The second kappa shape index (κ2) is 11.7. The van der Waals surface area contributed by atoms with Gasteiger partial charge in [-0.2, -0.15) is 5.26 Å². The van der Waals surface area contributed by atoms with Crippen molar-refractivity contribution in [1.82, 2.24) is 10.2 Å². The molecular weight excluding hydrogens is 458 g/mol. The predicted molar refractivity (Wildman–Crippen MR) is 127 cm³/mol. The zero-order valence-corrected chi connectivity index (χ0v) is 19.6. The van der Waals surface area contributed by atoms with Gasteiger partial charge in [-0.1, -0.05) is 31.1 Å². The SMILES string of the molecule is CCCCCc1nnc(NC(=O)C(C#N)=Cc2ccc(-c3ccc(OCC)cc3[N+](=O)[O-])o2)s1. The fourth-order valence-electron chi connectivity index (χ4n) is 3.09. The van der Waals surface area contributed by atoms with Crippen molar-refractivity contribution in [2.45, 2.75) is 39.5 Å². The van der Waals surface area contributed by atoms with Crippen LogP contribution in [0, 0.1) is 21.4 Å². The highest BCUT2D eigenvalue weighted by Crippen LogP contribution is 2.34. The zero-order chi connectivity index (χ0) is 24.5. The third kappa shape index (κ3) is 6.26. The molecule has 0 radical (unpaired) electrons. The number of aromatic nitrogens is 2. The molecule has 3 aromatic rings. The predicted octanol–water partition coefficient (Wildman–Crippen LogP) is 5.38. The van der Waals surface area contributed by atoms with Crippen molar-refractivity contribution in [2.75, 3.05) is 11.9 Å². The Balaban J connectivity index is 1.76. The average Bonchev–Trinajstić information content (AvgIpc) is 3.47. The summed E-state index contributed by atoms with van der Waals surface area (Å²) >= 11 is 1.27. The number of ether oxygens (including phenoxy) is 1. The number of nitro groups is 1. The highest BCUT2D eigenvalue weighted by Gasteiger charge is 2.20. The second-order valence-corrected chi connectivity index (χ2v) is 8.22. The standard InChI is InChI=1S/C23H23N5O5S/c1-3-5-6-7-21-26-27-23(34-21)25-22(29)15(14-24)12-17-9-11-20(33-17)18-10-8-16(32-4-2)13-19(18)28(30)31/h8-13H,3-7H2,1-2H3,(H,25,27,29). The van der Waals surface area contributed by atoms with Crippen molar-refractivity contribution in [3.05, 3.63) is 56.8 Å². The summed E-state index contributed by atoms with van der Waals surface area (Å²) in [6.45, 7) is 4.27. The van der Waals surface area contributed by atoms with Gasteiger partial charge in [0.2, 0.25) is 5.13 Å². The van der Waals surface area contributed by atoms with Crippen LogP contribution in [0.4, 0.5) is 10.8 Å². The van der Waals surface area contributed by atoms with Gasteiger partial charge >= 0.3 is 0 Å². The minimum Gasteiger partial charge on any atom is -0.494 e. The number of nitriles is 1. The van der Waals surface area contributed by atoms with Crippen LogP contribution in [-0.2, 0) is 11.2 Å². The summed E-state index contributed by atoms with van der Waals surface area (Å²) in [6, 6.07) is 9.36. The number of benzene rings is 1. The number of nitro benzene ring substituents is 1. The molecule has 10 nitrogen and oxygen atoms in total. The summed E-state index contributed by atoms with van der Waals surface area (Å²) in [7, 11) is 0. The molecule has 2 heterocycles. The lowest BCUT2D eigenvalue weighted by Crippen LogP contribution is -2.13. The molecular formula is C23H23N5O5S.